The highest BCUT2D eigenvalue weighted by molar-refractivity contribution is 7.99. The SMILES string of the molecule is CCn1c(SCC(=O)Nc2cccc(Cl)c2C)nnc1[C@@H](NC(=O)c1ccccc1Cl)C(C)C. The fourth-order valence-electron chi connectivity index (χ4n) is 3.39. The van der Waals surface area contributed by atoms with Crippen molar-refractivity contribution < 1.29 is 9.59 Å². The van der Waals surface area contributed by atoms with E-state index < -0.39 is 0 Å². The van der Waals surface area contributed by atoms with Crippen molar-refractivity contribution in [1.29, 1.82) is 0 Å². The Morgan fingerprint density at radius 2 is 1.76 bits per heavy atom. The molecule has 0 saturated heterocycles. The van der Waals surface area contributed by atoms with Crippen LogP contribution < -0.4 is 10.6 Å². The molecule has 1 atom stereocenters. The monoisotopic (exact) mass is 519 g/mol. The van der Waals surface area contributed by atoms with Gasteiger partial charge in [-0.2, -0.15) is 0 Å². The number of carbonyl (C=O) groups is 2. The highest BCUT2D eigenvalue weighted by Crippen LogP contribution is 2.27. The van der Waals surface area contributed by atoms with Crippen LogP contribution in [0.15, 0.2) is 47.6 Å². The van der Waals surface area contributed by atoms with E-state index in [-0.39, 0.29) is 29.5 Å². The predicted octanol–water partition coefficient (Wildman–Crippen LogP) is 5.77. The molecule has 0 aliphatic rings. The third kappa shape index (κ3) is 6.11. The first-order valence-electron chi connectivity index (χ1n) is 10.9. The Labute approximate surface area is 213 Å². The summed E-state index contributed by atoms with van der Waals surface area (Å²) in [4.78, 5) is 25.4. The average Bonchev–Trinajstić information content (AvgIpc) is 3.21. The molecule has 3 rings (SSSR count). The van der Waals surface area contributed by atoms with Crippen molar-refractivity contribution >= 4 is 52.5 Å². The molecule has 0 spiro atoms. The molecule has 2 amide bonds. The number of hydrogen-bond acceptors (Lipinski definition) is 5. The van der Waals surface area contributed by atoms with E-state index >= 15 is 0 Å². The highest BCUT2D eigenvalue weighted by atomic mass is 35.5. The van der Waals surface area contributed by atoms with Crippen LogP contribution in [0.4, 0.5) is 5.69 Å². The van der Waals surface area contributed by atoms with Crippen molar-refractivity contribution in [2.45, 2.75) is 45.4 Å². The smallest absolute Gasteiger partial charge is 0.253 e. The minimum absolute atomic E-state index is 0.0490. The van der Waals surface area contributed by atoms with E-state index in [2.05, 4.69) is 20.8 Å². The Morgan fingerprint density at radius 1 is 1.06 bits per heavy atom. The third-order valence-corrected chi connectivity index (χ3v) is 6.99. The quantitative estimate of drug-likeness (QED) is 0.350. The van der Waals surface area contributed by atoms with Crippen LogP contribution in [0.1, 0.15) is 48.6 Å². The Hall–Kier alpha value is -2.55. The van der Waals surface area contributed by atoms with Gasteiger partial charge in [-0.15, -0.1) is 10.2 Å². The molecule has 10 heteroatoms. The summed E-state index contributed by atoms with van der Waals surface area (Å²) in [7, 11) is 0. The summed E-state index contributed by atoms with van der Waals surface area (Å²) in [6.45, 7) is 8.41. The van der Waals surface area contributed by atoms with E-state index in [9.17, 15) is 9.59 Å². The van der Waals surface area contributed by atoms with E-state index in [4.69, 9.17) is 23.2 Å². The van der Waals surface area contributed by atoms with Crippen LogP contribution >= 0.6 is 35.0 Å². The van der Waals surface area contributed by atoms with Gasteiger partial charge in [0.05, 0.1) is 22.4 Å². The van der Waals surface area contributed by atoms with E-state index in [1.807, 2.05) is 38.3 Å². The topological polar surface area (TPSA) is 88.9 Å². The molecule has 0 bridgehead atoms. The van der Waals surface area contributed by atoms with Gasteiger partial charge in [0.25, 0.3) is 5.91 Å². The van der Waals surface area contributed by atoms with Gasteiger partial charge in [0.15, 0.2) is 11.0 Å². The maximum Gasteiger partial charge on any atom is 0.253 e. The lowest BCUT2D eigenvalue weighted by atomic mass is 10.0. The van der Waals surface area contributed by atoms with Crippen molar-refractivity contribution in [3.8, 4) is 0 Å². The summed E-state index contributed by atoms with van der Waals surface area (Å²) >= 11 is 13.6. The zero-order chi connectivity index (χ0) is 24.8. The summed E-state index contributed by atoms with van der Waals surface area (Å²) in [6.07, 6.45) is 0. The number of hydrogen-bond donors (Lipinski definition) is 2. The van der Waals surface area contributed by atoms with E-state index in [0.29, 0.717) is 38.8 Å². The summed E-state index contributed by atoms with van der Waals surface area (Å²) < 4.78 is 1.92. The number of halogens is 2. The average molecular weight is 520 g/mol. The van der Waals surface area contributed by atoms with Crippen LogP contribution in [0.3, 0.4) is 0 Å². The van der Waals surface area contributed by atoms with Crippen LogP contribution in [0, 0.1) is 12.8 Å². The number of benzene rings is 2. The molecule has 7 nitrogen and oxygen atoms in total. The van der Waals surface area contributed by atoms with E-state index in [1.165, 1.54) is 11.8 Å². The van der Waals surface area contributed by atoms with Crippen LogP contribution in [-0.4, -0.2) is 32.3 Å². The molecular formula is C24H27Cl2N5O2S. The fraction of sp³-hybridized carbons (Fsp3) is 0.333. The maximum absolute atomic E-state index is 12.9. The number of thioether (sulfide) groups is 1. The molecule has 0 saturated carbocycles. The Balaban J connectivity index is 1.73. The predicted molar refractivity (Wildman–Crippen MR) is 138 cm³/mol. The fourth-order valence-corrected chi connectivity index (χ4v) is 4.59. The summed E-state index contributed by atoms with van der Waals surface area (Å²) in [6, 6.07) is 11.9. The lowest BCUT2D eigenvalue weighted by Crippen LogP contribution is -2.34. The summed E-state index contributed by atoms with van der Waals surface area (Å²) in [5, 5.41) is 16.2. The number of carbonyl (C=O) groups excluding carboxylic acids is 2. The third-order valence-electron chi connectivity index (χ3n) is 5.29. The largest absolute Gasteiger partial charge is 0.342 e. The van der Waals surface area contributed by atoms with Crippen molar-refractivity contribution in [3.63, 3.8) is 0 Å². The van der Waals surface area contributed by atoms with Crippen molar-refractivity contribution in [1.82, 2.24) is 20.1 Å². The summed E-state index contributed by atoms with van der Waals surface area (Å²) in [5.74, 6) is 0.386. The van der Waals surface area contributed by atoms with Gasteiger partial charge < -0.3 is 15.2 Å². The lowest BCUT2D eigenvalue weighted by molar-refractivity contribution is -0.113. The molecule has 0 unspecified atom stereocenters. The number of amides is 2. The lowest BCUT2D eigenvalue weighted by Gasteiger charge is -2.22. The molecule has 0 radical (unpaired) electrons. The normalized spacial score (nSPS) is 12.0. The van der Waals surface area contributed by atoms with E-state index in [0.717, 1.165) is 5.56 Å². The molecule has 0 aliphatic heterocycles. The first-order chi connectivity index (χ1) is 16.2. The van der Waals surface area contributed by atoms with Gasteiger partial charge in [0, 0.05) is 17.3 Å². The number of aromatic nitrogens is 3. The molecule has 34 heavy (non-hydrogen) atoms. The van der Waals surface area contributed by atoms with Crippen LogP contribution in [0.25, 0.3) is 0 Å². The van der Waals surface area contributed by atoms with Crippen molar-refractivity contribution in [2.24, 2.45) is 5.92 Å². The van der Waals surface area contributed by atoms with Crippen LogP contribution in [0.5, 0.6) is 0 Å². The second kappa shape index (κ2) is 11.7. The molecule has 2 N–H and O–H groups in total. The minimum atomic E-state index is -0.381. The zero-order valence-corrected chi connectivity index (χ0v) is 21.8. The molecule has 1 aromatic heterocycles. The van der Waals surface area contributed by atoms with Gasteiger partial charge in [-0.25, -0.2) is 0 Å². The standard InChI is InChI=1S/C24H27Cl2N5O2S/c1-5-31-22(21(14(2)3)28-23(33)16-9-6-7-10-18(16)26)29-30-24(31)34-13-20(32)27-19-12-8-11-17(25)15(19)4/h6-12,14,21H,5,13H2,1-4H3,(H,27,32)(H,28,33)/t21-/m0/s1. The molecular weight excluding hydrogens is 493 g/mol. The zero-order valence-electron chi connectivity index (χ0n) is 19.4. The number of nitrogens with one attached hydrogen (secondary N) is 2. The Bertz CT molecular complexity index is 1180. The Morgan fingerprint density at radius 3 is 2.44 bits per heavy atom. The van der Waals surface area contributed by atoms with Crippen molar-refractivity contribution in [2.75, 3.05) is 11.1 Å². The molecule has 180 valence electrons. The van der Waals surface area contributed by atoms with Gasteiger partial charge in [0.1, 0.15) is 0 Å². The van der Waals surface area contributed by atoms with Gasteiger partial charge >= 0.3 is 0 Å². The minimum Gasteiger partial charge on any atom is -0.342 e. The second-order valence-corrected chi connectivity index (χ2v) is 9.77. The van der Waals surface area contributed by atoms with Gasteiger partial charge in [-0.05, 0) is 49.6 Å². The molecule has 3 aromatic rings. The van der Waals surface area contributed by atoms with Crippen LogP contribution in [-0.2, 0) is 11.3 Å². The highest BCUT2D eigenvalue weighted by Gasteiger charge is 2.26. The molecule has 0 aliphatic carbocycles. The van der Waals surface area contributed by atoms with Gasteiger partial charge in [-0.1, -0.05) is 67.0 Å². The molecule has 0 fully saturated rings. The van der Waals surface area contributed by atoms with Crippen molar-refractivity contribution in [3.05, 3.63) is 69.5 Å². The van der Waals surface area contributed by atoms with Gasteiger partial charge in [-0.3, -0.25) is 9.59 Å². The maximum atomic E-state index is 12.9. The van der Waals surface area contributed by atoms with E-state index in [1.54, 1.807) is 36.4 Å². The van der Waals surface area contributed by atoms with Gasteiger partial charge in [0.2, 0.25) is 5.91 Å². The number of anilines is 1. The summed E-state index contributed by atoms with van der Waals surface area (Å²) in [5.41, 5.74) is 1.90. The number of nitrogens with zero attached hydrogens (tertiary/aromatic N) is 3. The first-order valence-corrected chi connectivity index (χ1v) is 12.6. The second-order valence-electron chi connectivity index (χ2n) is 8.01. The molecule has 2 aromatic carbocycles. The number of rotatable bonds is 9. The Kier molecular flexibility index (Phi) is 8.99. The van der Waals surface area contributed by atoms with Crippen LogP contribution in [0.2, 0.25) is 10.0 Å². The molecule has 1 heterocycles. The first kappa shape index (κ1) is 26.1.